The maximum absolute atomic E-state index is 12.4. The highest BCUT2D eigenvalue weighted by Crippen LogP contribution is 2.14. The molecule has 0 aliphatic rings. The first-order valence-electron chi connectivity index (χ1n) is 6.36. The van der Waals surface area contributed by atoms with Gasteiger partial charge in [0, 0.05) is 23.7 Å². The molecule has 110 valence electrons. The molecule has 1 aromatic heterocycles. The average Bonchev–Trinajstić information content (AvgIpc) is 2.90. The van der Waals surface area contributed by atoms with Gasteiger partial charge < -0.3 is 9.64 Å². The van der Waals surface area contributed by atoms with Gasteiger partial charge in [0.25, 0.3) is 5.91 Å². The molecule has 0 aliphatic carbocycles. The van der Waals surface area contributed by atoms with Crippen molar-refractivity contribution in [3.8, 4) is 0 Å². The minimum absolute atomic E-state index is 0.159. The molecule has 1 heterocycles. The molecule has 6 heteroatoms. The first-order valence-corrected chi connectivity index (χ1v) is 7.24. The third-order valence-corrected chi connectivity index (χ3v) is 3.87. The number of thiazole rings is 1. The van der Waals surface area contributed by atoms with Gasteiger partial charge in [-0.15, -0.1) is 11.3 Å². The molecule has 0 aliphatic heterocycles. The van der Waals surface area contributed by atoms with E-state index in [1.54, 1.807) is 30.1 Å². The van der Waals surface area contributed by atoms with Crippen molar-refractivity contribution in [1.82, 2.24) is 9.88 Å². The van der Waals surface area contributed by atoms with Gasteiger partial charge in [-0.3, -0.25) is 4.79 Å². The van der Waals surface area contributed by atoms with Crippen molar-refractivity contribution in [2.45, 2.75) is 13.5 Å². The highest BCUT2D eigenvalue weighted by Gasteiger charge is 2.15. The predicted molar refractivity (Wildman–Crippen MR) is 80.4 cm³/mol. The second kappa shape index (κ2) is 6.49. The fraction of sp³-hybridized carbons (Fsp3) is 0.267. The summed E-state index contributed by atoms with van der Waals surface area (Å²) in [6.45, 7) is 2.36. The Kier molecular flexibility index (Phi) is 4.70. The quantitative estimate of drug-likeness (QED) is 0.814. The fourth-order valence-corrected chi connectivity index (χ4v) is 2.69. The van der Waals surface area contributed by atoms with Crippen LogP contribution >= 0.6 is 11.3 Å². The van der Waals surface area contributed by atoms with E-state index >= 15 is 0 Å². The maximum Gasteiger partial charge on any atom is 0.337 e. The third kappa shape index (κ3) is 3.66. The Bertz CT molecular complexity index is 666. The second-order valence-corrected chi connectivity index (χ2v) is 5.56. The minimum atomic E-state index is -0.456. The predicted octanol–water partition coefficient (Wildman–Crippen LogP) is 2.51. The summed E-state index contributed by atoms with van der Waals surface area (Å²) < 4.78 is 4.66. The molecule has 0 fully saturated rings. The van der Waals surface area contributed by atoms with Crippen LogP contribution in [0.1, 0.15) is 31.4 Å². The molecule has 0 spiro atoms. The van der Waals surface area contributed by atoms with Crippen LogP contribution in [0.15, 0.2) is 29.6 Å². The van der Waals surface area contributed by atoms with E-state index in [9.17, 15) is 9.59 Å². The first kappa shape index (κ1) is 15.2. The zero-order chi connectivity index (χ0) is 15.4. The van der Waals surface area contributed by atoms with E-state index in [0.29, 0.717) is 17.7 Å². The SMILES string of the molecule is COC(=O)c1cccc(C(=O)N(C)Cc2nc(C)cs2)c1. The molecule has 0 atom stereocenters. The molecule has 0 bridgehead atoms. The van der Waals surface area contributed by atoms with E-state index in [-0.39, 0.29) is 5.91 Å². The number of hydrogen-bond acceptors (Lipinski definition) is 5. The number of aromatic nitrogens is 1. The molecule has 2 rings (SSSR count). The third-order valence-electron chi connectivity index (χ3n) is 2.92. The number of ether oxygens (including phenoxy) is 1. The Morgan fingerprint density at radius 3 is 2.67 bits per heavy atom. The number of methoxy groups -OCH3 is 1. The second-order valence-electron chi connectivity index (χ2n) is 4.62. The van der Waals surface area contributed by atoms with E-state index in [1.165, 1.54) is 24.5 Å². The van der Waals surface area contributed by atoms with Gasteiger partial charge in [-0.05, 0) is 25.1 Å². The molecule has 0 saturated heterocycles. The Hall–Kier alpha value is -2.21. The van der Waals surface area contributed by atoms with Crippen molar-refractivity contribution < 1.29 is 14.3 Å². The van der Waals surface area contributed by atoms with Crippen LogP contribution in [0, 0.1) is 6.92 Å². The van der Waals surface area contributed by atoms with E-state index in [0.717, 1.165) is 10.7 Å². The van der Waals surface area contributed by atoms with E-state index < -0.39 is 5.97 Å². The van der Waals surface area contributed by atoms with E-state index in [1.807, 2.05) is 12.3 Å². The van der Waals surface area contributed by atoms with Gasteiger partial charge in [0.2, 0.25) is 0 Å². The van der Waals surface area contributed by atoms with Crippen molar-refractivity contribution in [2.75, 3.05) is 14.2 Å². The van der Waals surface area contributed by atoms with Crippen LogP contribution in [-0.4, -0.2) is 35.9 Å². The zero-order valence-electron chi connectivity index (χ0n) is 12.1. The number of carbonyl (C=O) groups is 2. The summed E-state index contributed by atoms with van der Waals surface area (Å²) in [5, 5.41) is 2.83. The standard InChI is InChI=1S/C15H16N2O3S/c1-10-9-21-13(16-10)8-17(2)14(18)11-5-4-6-12(7-11)15(19)20-3/h4-7,9H,8H2,1-3H3. The smallest absolute Gasteiger partial charge is 0.337 e. The van der Waals surface area contributed by atoms with Crippen LogP contribution in [-0.2, 0) is 11.3 Å². The van der Waals surface area contributed by atoms with Crippen molar-refractivity contribution in [2.24, 2.45) is 0 Å². The van der Waals surface area contributed by atoms with Crippen molar-refractivity contribution >= 4 is 23.2 Å². The van der Waals surface area contributed by atoms with Gasteiger partial charge in [-0.2, -0.15) is 0 Å². The Morgan fingerprint density at radius 2 is 2.05 bits per heavy atom. The van der Waals surface area contributed by atoms with E-state index in [2.05, 4.69) is 9.72 Å². The van der Waals surface area contributed by atoms with Crippen molar-refractivity contribution in [3.05, 3.63) is 51.5 Å². The monoisotopic (exact) mass is 304 g/mol. The molecule has 1 amide bonds. The zero-order valence-corrected chi connectivity index (χ0v) is 12.9. The fourth-order valence-electron chi connectivity index (χ4n) is 1.87. The number of benzene rings is 1. The summed E-state index contributed by atoms with van der Waals surface area (Å²) >= 11 is 1.52. The van der Waals surface area contributed by atoms with Crippen LogP contribution in [0.3, 0.4) is 0 Å². The molecule has 1 aromatic carbocycles. The Balaban J connectivity index is 2.13. The number of carbonyl (C=O) groups excluding carboxylic acids is 2. The molecule has 0 radical (unpaired) electrons. The lowest BCUT2D eigenvalue weighted by atomic mass is 10.1. The maximum atomic E-state index is 12.4. The first-order chi connectivity index (χ1) is 10.0. The number of rotatable bonds is 4. The summed E-state index contributed by atoms with van der Waals surface area (Å²) in [6, 6.07) is 6.50. The van der Waals surface area contributed by atoms with Crippen LogP contribution < -0.4 is 0 Å². The van der Waals surface area contributed by atoms with Crippen LogP contribution in [0.5, 0.6) is 0 Å². The normalized spacial score (nSPS) is 10.2. The van der Waals surface area contributed by atoms with Gasteiger partial charge in [-0.1, -0.05) is 6.07 Å². The summed E-state index contributed by atoms with van der Waals surface area (Å²) in [5.41, 5.74) is 1.76. The summed E-state index contributed by atoms with van der Waals surface area (Å²) in [7, 11) is 3.03. The minimum Gasteiger partial charge on any atom is -0.465 e. The lowest BCUT2D eigenvalue weighted by Gasteiger charge is -2.16. The molecule has 2 aromatic rings. The number of amides is 1. The molecule has 0 saturated carbocycles. The highest BCUT2D eigenvalue weighted by atomic mass is 32.1. The molecular weight excluding hydrogens is 288 g/mol. The van der Waals surface area contributed by atoms with Crippen molar-refractivity contribution in [3.63, 3.8) is 0 Å². The number of hydrogen-bond donors (Lipinski definition) is 0. The number of esters is 1. The Labute approximate surface area is 127 Å². The number of aryl methyl sites for hydroxylation is 1. The highest BCUT2D eigenvalue weighted by molar-refractivity contribution is 7.09. The summed E-state index contributed by atoms with van der Waals surface area (Å²) in [6.07, 6.45) is 0. The lowest BCUT2D eigenvalue weighted by molar-refractivity contribution is 0.0600. The number of nitrogens with zero attached hydrogens (tertiary/aromatic N) is 2. The molecule has 0 N–H and O–H groups in total. The van der Waals surface area contributed by atoms with Gasteiger partial charge in [0.15, 0.2) is 0 Å². The molecule has 0 unspecified atom stereocenters. The summed E-state index contributed by atoms with van der Waals surface area (Å²) in [5.74, 6) is -0.614. The van der Waals surface area contributed by atoms with Gasteiger partial charge in [0.05, 0.1) is 19.2 Å². The largest absolute Gasteiger partial charge is 0.465 e. The van der Waals surface area contributed by atoms with Crippen LogP contribution in [0.4, 0.5) is 0 Å². The average molecular weight is 304 g/mol. The Morgan fingerprint density at radius 1 is 1.33 bits per heavy atom. The van der Waals surface area contributed by atoms with Gasteiger partial charge in [0.1, 0.15) is 5.01 Å². The summed E-state index contributed by atoms with van der Waals surface area (Å²) in [4.78, 5) is 29.8. The van der Waals surface area contributed by atoms with Gasteiger partial charge in [-0.25, -0.2) is 9.78 Å². The lowest BCUT2D eigenvalue weighted by Crippen LogP contribution is -2.26. The van der Waals surface area contributed by atoms with Crippen LogP contribution in [0.25, 0.3) is 0 Å². The van der Waals surface area contributed by atoms with Crippen LogP contribution in [0.2, 0.25) is 0 Å². The van der Waals surface area contributed by atoms with Crippen molar-refractivity contribution in [1.29, 1.82) is 0 Å². The van der Waals surface area contributed by atoms with E-state index in [4.69, 9.17) is 0 Å². The topological polar surface area (TPSA) is 59.5 Å². The van der Waals surface area contributed by atoms with Gasteiger partial charge >= 0.3 is 5.97 Å². The molecule has 5 nitrogen and oxygen atoms in total. The molecular formula is C15H16N2O3S. The molecule has 21 heavy (non-hydrogen) atoms.